The Morgan fingerprint density at radius 3 is 2.36 bits per heavy atom. The molecule has 4 aliphatic rings. The Morgan fingerprint density at radius 2 is 1.70 bits per heavy atom. The van der Waals surface area contributed by atoms with Crippen molar-refractivity contribution in [1.82, 2.24) is 4.90 Å². The first kappa shape index (κ1) is 25.3. The minimum Gasteiger partial charge on any atom is -0.449 e. The summed E-state index contributed by atoms with van der Waals surface area (Å²) < 4.78 is 5.44. The number of aliphatic hydroxyl groups excluding tert-OH is 2. The van der Waals surface area contributed by atoms with Gasteiger partial charge in [0.1, 0.15) is 0 Å². The van der Waals surface area contributed by atoms with E-state index in [0.29, 0.717) is 48.0 Å². The molecule has 5 nitrogen and oxygen atoms in total. The van der Waals surface area contributed by atoms with Crippen LogP contribution in [0.15, 0.2) is 0 Å². The summed E-state index contributed by atoms with van der Waals surface area (Å²) in [6.45, 7) is 10.1. The van der Waals surface area contributed by atoms with E-state index < -0.39 is 0 Å². The first-order valence-corrected chi connectivity index (χ1v) is 13.7. The highest BCUT2D eigenvalue weighted by Gasteiger charge is 2.64. The Kier molecular flexibility index (Phi) is 7.15. The Bertz CT molecular complexity index is 712. The molecule has 4 fully saturated rings. The van der Waals surface area contributed by atoms with Crippen molar-refractivity contribution in [2.45, 2.75) is 97.7 Å². The van der Waals surface area contributed by atoms with Crippen molar-refractivity contribution < 1.29 is 19.7 Å². The van der Waals surface area contributed by atoms with Gasteiger partial charge in [0, 0.05) is 14.1 Å². The Balaban J connectivity index is 1.52. The number of nitrogens with zero attached hydrogens (tertiary/aromatic N) is 1. The number of rotatable bonds is 5. The number of fused-ring (bicyclic) bond motifs is 5. The van der Waals surface area contributed by atoms with Crippen LogP contribution in [-0.4, -0.2) is 54.1 Å². The maximum Gasteiger partial charge on any atom is 0.409 e. The van der Waals surface area contributed by atoms with E-state index in [-0.39, 0.29) is 29.1 Å². The summed E-state index contributed by atoms with van der Waals surface area (Å²) in [4.78, 5) is 13.3. The summed E-state index contributed by atoms with van der Waals surface area (Å²) >= 11 is 0. The predicted molar refractivity (Wildman–Crippen MR) is 131 cm³/mol. The summed E-state index contributed by atoms with van der Waals surface area (Å²) in [6.07, 6.45) is 9.09. The molecule has 0 heterocycles. The van der Waals surface area contributed by atoms with E-state index >= 15 is 0 Å². The van der Waals surface area contributed by atoms with Gasteiger partial charge in [0.25, 0.3) is 0 Å². The van der Waals surface area contributed by atoms with Crippen molar-refractivity contribution in [2.24, 2.45) is 52.3 Å². The Hall–Kier alpha value is -0.810. The molecule has 11 atom stereocenters. The molecule has 0 bridgehead atoms. The largest absolute Gasteiger partial charge is 0.449 e. The lowest BCUT2D eigenvalue weighted by molar-refractivity contribution is -0.203. The first-order chi connectivity index (χ1) is 15.5. The summed E-state index contributed by atoms with van der Waals surface area (Å²) in [5.41, 5.74) is 0.526. The summed E-state index contributed by atoms with van der Waals surface area (Å²) in [6, 6.07) is 0. The fourth-order valence-corrected chi connectivity index (χ4v) is 9.59. The zero-order valence-corrected chi connectivity index (χ0v) is 21.9. The van der Waals surface area contributed by atoms with Gasteiger partial charge >= 0.3 is 6.09 Å². The van der Waals surface area contributed by atoms with Gasteiger partial charge in [0.15, 0.2) is 0 Å². The maximum atomic E-state index is 11.8. The predicted octanol–water partition coefficient (Wildman–Crippen LogP) is 5.34. The summed E-state index contributed by atoms with van der Waals surface area (Å²) in [5, 5.41) is 22.3. The van der Waals surface area contributed by atoms with Gasteiger partial charge in [-0.15, -0.1) is 0 Å². The number of carbonyl (C=O) groups excluding carboxylic acids is 1. The van der Waals surface area contributed by atoms with Crippen LogP contribution in [-0.2, 0) is 4.74 Å². The molecule has 4 saturated carbocycles. The molecule has 33 heavy (non-hydrogen) atoms. The van der Waals surface area contributed by atoms with Gasteiger partial charge in [-0.05, 0) is 104 Å². The zero-order valence-electron chi connectivity index (χ0n) is 21.9. The van der Waals surface area contributed by atoms with Crippen LogP contribution in [0.4, 0.5) is 4.79 Å². The van der Waals surface area contributed by atoms with Gasteiger partial charge in [0.05, 0.1) is 18.8 Å². The summed E-state index contributed by atoms with van der Waals surface area (Å²) in [5.74, 6) is 3.48. The molecule has 1 amide bonds. The van der Waals surface area contributed by atoms with Crippen molar-refractivity contribution in [3.63, 3.8) is 0 Å². The monoisotopic (exact) mass is 463 g/mol. The van der Waals surface area contributed by atoms with Crippen molar-refractivity contribution in [3.8, 4) is 0 Å². The van der Waals surface area contributed by atoms with Gasteiger partial charge < -0.3 is 19.8 Å². The lowest BCUT2D eigenvalue weighted by Crippen LogP contribution is -2.62. The van der Waals surface area contributed by atoms with Crippen molar-refractivity contribution >= 4 is 6.09 Å². The molecular weight excluding hydrogens is 414 g/mol. The number of aliphatic hydroxyl groups is 2. The number of hydrogen-bond acceptors (Lipinski definition) is 4. The van der Waals surface area contributed by atoms with Crippen LogP contribution in [0.3, 0.4) is 0 Å². The third-order valence-electron chi connectivity index (χ3n) is 11.3. The van der Waals surface area contributed by atoms with E-state index in [1.165, 1.54) is 30.6 Å². The second kappa shape index (κ2) is 9.33. The van der Waals surface area contributed by atoms with Crippen LogP contribution in [0, 0.1) is 52.3 Å². The lowest BCUT2D eigenvalue weighted by Gasteiger charge is -2.64. The SMILES string of the molecule is CC[C@H]1[C@@H](O)[C@@H]2[C@H](CC[C@]3(C)[C@@H]([C@H](C)CCOC(=O)N(C)C)CC[C@@H]23)[C@@]2(C)CC[C@@H](O)C[C@@H]12. The highest BCUT2D eigenvalue weighted by atomic mass is 16.6. The van der Waals surface area contributed by atoms with Crippen molar-refractivity contribution in [2.75, 3.05) is 20.7 Å². The molecule has 0 aromatic rings. The number of carbonyl (C=O) groups is 1. The van der Waals surface area contributed by atoms with E-state index in [9.17, 15) is 15.0 Å². The molecule has 0 aromatic carbocycles. The maximum absolute atomic E-state index is 11.8. The van der Waals surface area contributed by atoms with E-state index in [1.54, 1.807) is 14.1 Å². The van der Waals surface area contributed by atoms with Crippen LogP contribution in [0.1, 0.15) is 85.5 Å². The van der Waals surface area contributed by atoms with E-state index in [0.717, 1.165) is 32.1 Å². The highest BCUT2D eigenvalue weighted by Crippen LogP contribution is 2.69. The molecule has 0 unspecified atom stereocenters. The molecule has 4 aliphatic carbocycles. The fourth-order valence-electron chi connectivity index (χ4n) is 9.59. The van der Waals surface area contributed by atoms with Gasteiger partial charge in [-0.1, -0.05) is 34.1 Å². The molecule has 0 radical (unpaired) electrons. The zero-order chi connectivity index (χ0) is 24.1. The average molecular weight is 464 g/mol. The number of hydrogen-bond donors (Lipinski definition) is 2. The molecule has 0 aromatic heterocycles. The highest BCUT2D eigenvalue weighted by molar-refractivity contribution is 5.66. The van der Waals surface area contributed by atoms with E-state index in [4.69, 9.17) is 4.74 Å². The summed E-state index contributed by atoms with van der Waals surface area (Å²) in [7, 11) is 3.45. The van der Waals surface area contributed by atoms with Crippen molar-refractivity contribution in [1.29, 1.82) is 0 Å². The molecular formula is C28H49NO4. The fraction of sp³-hybridized carbons (Fsp3) is 0.964. The second-order valence-electron chi connectivity index (χ2n) is 12.9. The normalized spacial score (nSPS) is 47.8. The molecule has 0 saturated heterocycles. The topological polar surface area (TPSA) is 70.0 Å². The minimum absolute atomic E-state index is 0.187. The first-order valence-electron chi connectivity index (χ1n) is 13.7. The molecule has 5 heteroatoms. The van der Waals surface area contributed by atoms with Gasteiger partial charge in [-0.2, -0.15) is 0 Å². The standard InChI is InChI=1S/C28H49NO4/c1-7-19-23-16-18(30)10-13-28(23,4)22-11-14-27(3)20(8-9-21(27)24(22)25(19)31)17(2)12-15-33-26(32)29(5)6/h17-25,30-31H,7-16H2,1-6H3/t17-,18-,19-,20-,21+,22+,23+,24+,25-,27-,28-/m1/s1. The molecule has 0 spiro atoms. The van der Waals surface area contributed by atoms with Crippen LogP contribution < -0.4 is 0 Å². The second-order valence-corrected chi connectivity index (χ2v) is 12.9. The lowest BCUT2D eigenvalue weighted by atomic mass is 9.41. The molecule has 4 rings (SSSR count). The van der Waals surface area contributed by atoms with Gasteiger partial charge in [-0.25, -0.2) is 4.79 Å². The van der Waals surface area contributed by atoms with Crippen molar-refractivity contribution in [3.05, 3.63) is 0 Å². The van der Waals surface area contributed by atoms with Crippen LogP contribution in [0.5, 0.6) is 0 Å². The van der Waals surface area contributed by atoms with Crippen LogP contribution >= 0.6 is 0 Å². The number of ether oxygens (including phenoxy) is 1. The third kappa shape index (κ3) is 4.13. The third-order valence-corrected chi connectivity index (χ3v) is 11.3. The minimum atomic E-state index is -0.255. The molecule has 2 N–H and O–H groups in total. The average Bonchev–Trinajstić information content (AvgIpc) is 3.12. The van der Waals surface area contributed by atoms with E-state index in [2.05, 4.69) is 27.7 Å². The van der Waals surface area contributed by atoms with E-state index in [1.807, 2.05) is 0 Å². The Morgan fingerprint density at radius 1 is 1.03 bits per heavy atom. The number of amides is 1. The van der Waals surface area contributed by atoms with Crippen LogP contribution in [0.2, 0.25) is 0 Å². The molecule has 190 valence electrons. The quantitative estimate of drug-likeness (QED) is 0.578. The molecule has 0 aliphatic heterocycles. The smallest absolute Gasteiger partial charge is 0.409 e. The Labute approximate surface area is 201 Å². The van der Waals surface area contributed by atoms with Gasteiger partial charge in [0.2, 0.25) is 0 Å². The van der Waals surface area contributed by atoms with Gasteiger partial charge in [-0.3, -0.25) is 0 Å². The van der Waals surface area contributed by atoms with Crippen LogP contribution in [0.25, 0.3) is 0 Å².